The van der Waals surface area contributed by atoms with Gasteiger partial charge in [0.25, 0.3) is 0 Å². The van der Waals surface area contributed by atoms with Crippen molar-refractivity contribution in [1.82, 2.24) is 4.98 Å². The molecular formula is C14H12ClNO4. The predicted octanol–water partition coefficient (Wildman–Crippen LogP) is 3.62. The van der Waals surface area contributed by atoms with Crippen LogP contribution in [0, 0.1) is 0 Å². The minimum atomic E-state index is -1.14. The molecule has 1 aromatic heterocycles. The Bertz CT molecular complexity index is 630. The highest BCUT2D eigenvalue weighted by molar-refractivity contribution is 6.29. The summed E-state index contributed by atoms with van der Waals surface area (Å²) >= 11 is 5.77. The van der Waals surface area contributed by atoms with Crippen LogP contribution in [-0.2, 0) is 0 Å². The molecule has 0 unspecified atom stereocenters. The molecule has 0 radical (unpaired) electrons. The summed E-state index contributed by atoms with van der Waals surface area (Å²) < 4.78 is 10.9. The van der Waals surface area contributed by atoms with E-state index >= 15 is 0 Å². The van der Waals surface area contributed by atoms with Crippen molar-refractivity contribution in [2.75, 3.05) is 6.61 Å². The maximum atomic E-state index is 11.1. The van der Waals surface area contributed by atoms with E-state index in [0.717, 1.165) is 0 Å². The lowest BCUT2D eigenvalue weighted by Gasteiger charge is -2.12. The zero-order valence-corrected chi connectivity index (χ0v) is 11.4. The summed E-state index contributed by atoms with van der Waals surface area (Å²) in [5.41, 5.74) is -0.0688. The molecule has 6 heteroatoms. The fraction of sp³-hybridized carbons (Fsp3) is 0.143. The van der Waals surface area contributed by atoms with Crippen LogP contribution in [0.2, 0.25) is 5.15 Å². The van der Waals surface area contributed by atoms with Gasteiger partial charge in [0.2, 0.25) is 5.88 Å². The highest BCUT2D eigenvalue weighted by Crippen LogP contribution is 2.32. The average Bonchev–Trinajstić information content (AvgIpc) is 2.41. The summed E-state index contributed by atoms with van der Waals surface area (Å²) in [6, 6.07) is 9.68. The molecule has 0 amide bonds. The molecule has 5 nitrogen and oxygen atoms in total. The predicted molar refractivity (Wildman–Crippen MR) is 73.9 cm³/mol. The second-order valence-corrected chi connectivity index (χ2v) is 4.16. The Kier molecular flexibility index (Phi) is 4.42. The van der Waals surface area contributed by atoms with Gasteiger partial charge in [-0.05, 0) is 31.2 Å². The van der Waals surface area contributed by atoms with Crippen molar-refractivity contribution in [2.24, 2.45) is 0 Å². The molecule has 0 bridgehead atoms. The standard InChI is InChI=1S/C14H12ClNO4/c1-2-19-10-5-3-4-6-11(10)20-13-9(14(17)18)7-8-12(15)16-13/h3-8H,2H2,1H3,(H,17,18). The van der Waals surface area contributed by atoms with Gasteiger partial charge in [0.1, 0.15) is 10.7 Å². The van der Waals surface area contributed by atoms with Crippen LogP contribution in [0.3, 0.4) is 0 Å². The summed E-state index contributed by atoms with van der Waals surface area (Å²) in [7, 11) is 0. The topological polar surface area (TPSA) is 68.7 Å². The van der Waals surface area contributed by atoms with E-state index in [-0.39, 0.29) is 16.6 Å². The molecule has 20 heavy (non-hydrogen) atoms. The van der Waals surface area contributed by atoms with Gasteiger partial charge in [-0.15, -0.1) is 0 Å². The minimum absolute atomic E-state index is 0.0688. The Balaban J connectivity index is 2.39. The van der Waals surface area contributed by atoms with Gasteiger partial charge in [-0.2, -0.15) is 0 Å². The third kappa shape index (κ3) is 3.19. The molecular weight excluding hydrogens is 282 g/mol. The van der Waals surface area contributed by atoms with Gasteiger partial charge in [0.05, 0.1) is 6.61 Å². The van der Waals surface area contributed by atoms with Crippen LogP contribution in [0.15, 0.2) is 36.4 Å². The van der Waals surface area contributed by atoms with Crippen molar-refractivity contribution < 1.29 is 19.4 Å². The number of hydrogen-bond acceptors (Lipinski definition) is 4. The fourth-order valence-electron chi connectivity index (χ4n) is 1.57. The minimum Gasteiger partial charge on any atom is -0.490 e. The third-order valence-electron chi connectivity index (χ3n) is 2.41. The van der Waals surface area contributed by atoms with Gasteiger partial charge < -0.3 is 14.6 Å². The van der Waals surface area contributed by atoms with E-state index in [4.69, 9.17) is 26.2 Å². The molecule has 0 fully saturated rings. The first-order valence-corrected chi connectivity index (χ1v) is 6.29. The van der Waals surface area contributed by atoms with Crippen molar-refractivity contribution in [3.8, 4) is 17.4 Å². The van der Waals surface area contributed by atoms with E-state index in [1.165, 1.54) is 12.1 Å². The van der Waals surface area contributed by atoms with Gasteiger partial charge in [-0.3, -0.25) is 0 Å². The number of benzene rings is 1. The normalized spacial score (nSPS) is 10.1. The zero-order chi connectivity index (χ0) is 14.5. The Morgan fingerprint density at radius 2 is 1.95 bits per heavy atom. The van der Waals surface area contributed by atoms with Crippen molar-refractivity contribution >= 4 is 17.6 Å². The number of ether oxygens (including phenoxy) is 2. The van der Waals surface area contributed by atoms with Crippen molar-refractivity contribution in [1.29, 1.82) is 0 Å². The Morgan fingerprint density at radius 1 is 1.25 bits per heavy atom. The number of carbonyl (C=O) groups is 1. The first-order valence-electron chi connectivity index (χ1n) is 5.91. The molecule has 1 N–H and O–H groups in total. The van der Waals surface area contributed by atoms with E-state index in [1.807, 2.05) is 6.92 Å². The van der Waals surface area contributed by atoms with Crippen molar-refractivity contribution in [2.45, 2.75) is 6.92 Å². The van der Waals surface area contributed by atoms with Crippen LogP contribution in [0.4, 0.5) is 0 Å². The monoisotopic (exact) mass is 293 g/mol. The molecule has 1 aromatic carbocycles. The number of rotatable bonds is 5. The van der Waals surface area contributed by atoms with Crippen LogP contribution < -0.4 is 9.47 Å². The van der Waals surface area contributed by atoms with Gasteiger partial charge in [-0.25, -0.2) is 9.78 Å². The number of carboxylic acid groups (broad SMARTS) is 1. The van der Waals surface area contributed by atoms with Gasteiger partial charge in [-0.1, -0.05) is 23.7 Å². The van der Waals surface area contributed by atoms with Crippen molar-refractivity contribution in [3.63, 3.8) is 0 Å². The molecule has 0 aliphatic carbocycles. The van der Waals surface area contributed by atoms with E-state index < -0.39 is 5.97 Å². The average molecular weight is 294 g/mol. The largest absolute Gasteiger partial charge is 0.490 e. The highest BCUT2D eigenvalue weighted by Gasteiger charge is 2.16. The van der Waals surface area contributed by atoms with E-state index in [2.05, 4.69) is 4.98 Å². The number of hydrogen-bond donors (Lipinski definition) is 1. The smallest absolute Gasteiger partial charge is 0.341 e. The van der Waals surface area contributed by atoms with Crippen LogP contribution >= 0.6 is 11.6 Å². The summed E-state index contributed by atoms with van der Waals surface area (Å²) in [6.45, 7) is 2.31. The quantitative estimate of drug-likeness (QED) is 0.853. The molecule has 0 atom stereocenters. The lowest BCUT2D eigenvalue weighted by molar-refractivity contribution is 0.0693. The maximum Gasteiger partial charge on any atom is 0.341 e. The molecule has 104 valence electrons. The van der Waals surface area contributed by atoms with E-state index in [9.17, 15) is 4.79 Å². The van der Waals surface area contributed by atoms with Crippen LogP contribution in [0.25, 0.3) is 0 Å². The fourth-order valence-corrected chi connectivity index (χ4v) is 1.71. The lowest BCUT2D eigenvalue weighted by Crippen LogP contribution is -2.03. The molecule has 2 aromatic rings. The van der Waals surface area contributed by atoms with Crippen LogP contribution in [0.1, 0.15) is 17.3 Å². The molecule has 0 saturated carbocycles. The van der Waals surface area contributed by atoms with E-state index in [1.54, 1.807) is 24.3 Å². The molecule has 1 heterocycles. The number of nitrogens with zero attached hydrogens (tertiary/aromatic N) is 1. The Labute approximate surface area is 120 Å². The zero-order valence-electron chi connectivity index (χ0n) is 10.7. The lowest BCUT2D eigenvalue weighted by atomic mass is 10.2. The molecule has 2 rings (SSSR count). The number of aromatic nitrogens is 1. The summed E-state index contributed by atoms with van der Waals surface area (Å²) in [5, 5.41) is 9.26. The number of para-hydroxylation sites is 2. The summed E-state index contributed by atoms with van der Waals surface area (Å²) in [4.78, 5) is 15.0. The first kappa shape index (κ1) is 14.1. The molecule has 0 aliphatic heterocycles. The SMILES string of the molecule is CCOc1ccccc1Oc1nc(Cl)ccc1C(=O)O. The second-order valence-electron chi connectivity index (χ2n) is 3.77. The molecule has 0 aliphatic rings. The third-order valence-corrected chi connectivity index (χ3v) is 2.62. The summed E-state index contributed by atoms with van der Waals surface area (Å²) in [6.07, 6.45) is 0. The molecule has 0 saturated heterocycles. The first-order chi connectivity index (χ1) is 9.61. The van der Waals surface area contributed by atoms with Crippen LogP contribution in [-0.4, -0.2) is 22.7 Å². The number of pyridine rings is 1. The Morgan fingerprint density at radius 3 is 2.60 bits per heavy atom. The molecule has 0 spiro atoms. The number of carboxylic acids is 1. The van der Waals surface area contributed by atoms with Crippen molar-refractivity contribution in [3.05, 3.63) is 47.1 Å². The van der Waals surface area contributed by atoms with Gasteiger partial charge in [0, 0.05) is 0 Å². The van der Waals surface area contributed by atoms with Crippen LogP contribution in [0.5, 0.6) is 17.4 Å². The Hall–Kier alpha value is -2.27. The van der Waals surface area contributed by atoms with E-state index in [0.29, 0.717) is 18.1 Å². The highest BCUT2D eigenvalue weighted by atomic mass is 35.5. The van der Waals surface area contributed by atoms with Gasteiger partial charge >= 0.3 is 5.97 Å². The summed E-state index contributed by atoms with van der Waals surface area (Å²) in [5.74, 6) is -0.324. The second kappa shape index (κ2) is 6.25. The van der Waals surface area contributed by atoms with Gasteiger partial charge in [0.15, 0.2) is 11.5 Å². The number of halogens is 1. The number of aromatic carboxylic acids is 1. The maximum absolute atomic E-state index is 11.1.